The predicted octanol–water partition coefficient (Wildman–Crippen LogP) is 1.80. The Bertz CT molecular complexity index is 189. The van der Waals surface area contributed by atoms with E-state index in [1.165, 1.54) is 7.11 Å². The van der Waals surface area contributed by atoms with Crippen molar-refractivity contribution in [1.82, 2.24) is 0 Å². The van der Waals surface area contributed by atoms with Crippen LogP contribution in [0, 0.1) is 11.3 Å². The van der Waals surface area contributed by atoms with Gasteiger partial charge in [0.2, 0.25) is 0 Å². The van der Waals surface area contributed by atoms with E-state index < -0.39 is 5.41 Å². The molecule has 0 fully saturated rings. The number of carbonyl (C=O) groups excluding carboxylic acids is 2. The van der Waals surface area contributed by atoms with Crippen LogP contribution in [-0.2, 0) is 14.3 Å². The molecule has 13 heavy (non-hydrogen) atoms. The Labute approximate surface area is 79.5 Å². The molecule has 0 saturated carbocycles. The normalized spacial score (nSPS) is 17.2. The van der Waals surface area contributed by atoms with Gasteiger partial charge in [0.05, 0.1) is 12.5 Å². The molecular weight excluding hydrogens is 168 g/mol. The molecule has 0 radical (unpaired) electrons. The summed E-state index contributed by atoms with van der Waals surface area (Å²) in [6, 6.07) is 0. The average Bonchev–Trinajstić information content (AvgIpc) is 2.15. The van der Waals surface area contributed by atoms with Crippen molar-refractivity contribution in [2.45, 2.75) is 33.6 Å². The summed E-state index contributed by atoms with van der Waals surface area (Å²) in [4.78, 5) is 21.9. The van der Waals surface area contributed by atoms with Crippen LogP contribution >= 0.6 is 0 Å². The number of aldehydes is 1. The summed E-state index contributed by atoms with van der Waals surface area (Å²) in [6.07, 6.45) is 1.87. The van der Waals surface area contributed by atoms with Crippen molar-refractivity contribution < 1.29 is 14.3 Å². The fourth-order valence-corrected chi connectivity index (χ4v) is 1.34. The first-order valence-electron chi connectivity index (χ1n) is 4.55. The van der Waals surface area contributed by atoms with E-state index in [0.29, 0.717) is 0 Å². The highest BCUT2D eigenvalue weighted by Gasteiger charge is 2.38. The average molecular weight is 186 g/mol. The van der Waals surface area contributed by atoms with Crippen LogP contribution < -0.4 is 0 Å². The highest BCUT2D eigenvalue weighted by Crippen LogP contribution is 2.33. The quantitative estimate of drug-likeness (QED) is 0.485. The second-order valence-corrected chi connectivity index (χ2v) is 3.59. The van der Waals surface area contributed by atoms with Gasteiger partial charge in [-0.1, -0.05) is 20.3 Å². The third-order valence-electron chi connectivity index (χ3n) is 2.86. The lowest BCUT2D eigenvalue weighted by Gasteiger charge is -2.30. The monoisotopic (exact) mass is 186 g/mol. The van der Waals surface area contributed by atoms with Gasteiger partial charge in [0, 0.05) is 6.42 Å². The third-order valence-corrected chi connectivity index (χ3v) is 2.86. The van der Waals surface area contributed by atoms with Gasteiger partial charge in [0.1, 0.15) is 6.29 Å². The minimum atomic E-state index is -0.661. The van der Waals surface area contributed by atoms with Gasteiger partial charge in [-0.15, -0.1) is 0 Å². The Morgan fingerprint density at radius 3 is 2.46 bits per heavy atom. The molecule has 0 aliphatic heterocycles. The van der Waals surface area contributed by atoms with Crippen molar-refractivity contribution in [2.75, 3.05) is 7.11 Å². The van der Waals surface area contributed by atoms with E-state index in [4.69, 9.17) is 4.74 Å². The molecule has 3 heteroatoms. The summed E-state index contributed by atoms with van der Waals surface area (Å²) in [7, 11) is 1.35. The fourth-order valence-electron chi connectivity index (χ4n) is 1.34. The molecule has 0 spiro atoms. The molecule has 0 aliphatic carbocycles. The molecule has 0 rings (SSSR count). The standard InChI is InChI=1S/C10H18O3/c1-5-8(2)10(3,6-7-11)9(12)13-4/h7-8H,5-6H2,1-4H3/t8?,10-/m1/s1. The highest BCUT2D eigenvalue weighted by molar-refractivity contribution is 5.79. The number of ether oxygens (including phenoxy) is 1. The van der Waals surface area contributed by atoms with Crippen molar-refractivity contribution >= 4 is 12.3 Å². The maximum Gasteiger partial charge on any atom is 0.312 e. The minimum Gasteiger partial charge on any atom is -0.469 e. The summed E-state index contributed by atoms with van der Waals surface area (Å²) >= 11 is 0. The maximum absolute atomic E-state index is 11.4. The molecule has 1 unspecified atom stereocenters. The fraction of sp³-hybridized carbons (Fsp3) is 0.800. The van der Waals surface area contributed by atoms with Gasteiger partial charge in [-0.2, -0.15) is 0 Å². The van der Waals surface area contributed by atoms with Crippen LogP contribution in [0.3, 0.4) is 0 Å². The lowest BCUT2D eigenvalue weighted by Crippen LogP contribution is -2.35. The summed E-state index contributed by atoms with van der Waals surface area (Å²) in [5.74, 6) is -0.140. The van der Waals surface area contributed by atoms with Crippen molar-refractivity contribution in [3.05, 3.63) is 0 Å². The van der Waals surface area contributed by atoms with Crippen LogP contribution in [0.4, 0.5) is 0 Å². The van der Waals surface area contributed by atoms with Crippen molar-refractivity contribution in [1.29, 1.82) is 0 Å². The van der Waals surface area contributed by atoms with E-state index in [1.807, 2.05) is 13.8 Å². The second-order valence-electron chi connectivity index (χ2n) is 3.59. The summed E-state index contributed by atoms with van der Waals surface area (Å²) in [5.41, 5.74) is -0.661. The Balaban J connectivity index is 4.69. The molecule has 0 bridgehead atoms. The summed E-state index contributed by atoms with van der Waals surface area (Å²) in [5, 5.41) is 0. The topological polar surface area (TPSA) is 43.4 Å². The first-order valence-corrected chi connectivity index (χ1v) is 4.55. The first kappa shape index (κ1) is 12.1. The van der Waals surface area contributed by atoms with E-state index in [-0.39, 0.29) is 18.3 Å². The van der Waals surface area contributed by atoms with Crippen LogP contribution in [0.1, 0.15) is 33.6 Å². The van der Waals surface area contributed by atoms with Crippen LogP contribution in [0.2, 0.25) is 0 Å². The van der Waals surface area contributed by atoms with E-state index in [9.17, 15) is 9.59 Å². The van der Waals surface area contributed by atoms with Gasteiger partial charge in [-0.25, -0.2) is 0 Å². The first-order chi connectivity index (χ1) is 6.02. The minimum absolute atomic E-state index is 0.158. The number of rotatable bonds is 5. The molecule has 2 atom stereocenters. The molecule has 0 heterocycles. The van der Waals surface area contributed by atoms with Crippen molar-refractivity contribution in [3.63, 3.8) is 0 Å². The Hall–Kier alpha value is -0.860. The van der Waals surface area contributed by atoms with Gasteiger partial charge in [-0.05, 0) is 12.8 Å². The van der Waals surface area contributed by atoms with E-state index >= 15 is 0 Å². The maximum atomic E-state index is 11.4. The number of esters is 1. The van der Waals surface area contributed by atoms with Crippen LogP contribution in [-0.4, -0.2) is 19.4 Å². The third kappa shape index (κ3) is 2.54. The van der Waals surface area contributed by atoms with Crippen molar-refractivity contribution in [3.8, 4) is 0 Å². The SMILES string of the molecule is CCC(C)[C@@](C)(CC=O)C(=O)OC. The zero-order valence-corrected chi connectivity index (χ0v) is 8.79. The summed E-state index contributed by atoms with van der Waals surface area (Å²) in [6.45, 7) is 5.73. The molecule has 0 aromatic rings. The molecule has 0 aromatic heterocycles. The molecule has 0 aromatic carbocycles. The van der Waals surface area contributed by atoms with E-state index in [2.05, 4.69) is 0 Å². The molecule has 76 valence electrons. The molecule has 0 saturated heterocycles. The number of methoxy groups -OCH3 is 1. The molecule has 3 nitrogen and oxygen atoms in total. The van der Waals surface area contributed by atoms with Gasteiger partial charge in [-0.3, -0.25) is 4.79 Å². The Morgan fingerprint density at radius 1 is 1.62 bits per heavy atom. The largest absolute Gasteiger partial charge is 0.469 e. The smallest absolute Gasteiger partial charge is 0.312 e. The molecule has 0 aliphatic rings. The van der Waals surface area contributed by atoms with Gasteiger partial charge in [0.15, 0.2) is 0 Å². The second kappa shape index (κ2) is 5.00. The number of carbonyl (C=O) groups is 2. The highest BCUT2D eigenvalue weighted by atomic mass is 16.5. The zero-order valence-electron chi connectivity index (χ0n) is 8.79. The lowest BCUT2D eigenvalue weighted by molar-refractivity contribution is -0.156. The number of hydrogen-bond donors (Lipinski definition) is 0. The molecule has 0 amide bonds. The van der Waals surface area contributed by atoms with Crippen LogP contribution in [0.15, 0.2) is 0 Å². The molecule has 0 N–H and O–H groups in total. The zero-order chi connectivity index (χ0) is 10.5. The number of hydrogen-bond acceptors (Lipinski definition) is 3. The predicted molar refractivity (Wildman–Crippen MR) is 50.3 cm³/mol. The summed E-state index contributed by atoms with van der Waals surface area (Å²) < 4.78 is 4.69. The van der Waals surface area contributed by atoms with Crippen LogP contribution in [0.25, 0.3) is 0 Å². The Kier molecular flexibility index (Phi) is 4.67. The van der Waals surface area contributed by atoms with Crippen molar-refractivity contribution in [2.24, 2.45) is 11.3 Å². The van der Waals surface area contributed by atoms with Gasteiger partial charge >= 0.3 is 5.97 Å². The van der Waals surface area contributed by atoms with E-state index in [0.717, 1.165) is 12.7 Å². The van der Waals surface area contributed by atoms with Gasteiger partial charge in [0.25, 0.3) is 0 Å². The molecular formula is C10H18O3. The lowest BCUT2D eigenvalue weighted by atomic mass is 9.74. The Morgan fingerprint density at radius 2 is 2.15 bits per heavy atom. The van der Waals surface area contributed by atoms with Crippen LogP contribution in [0.5, 0.6) is 0 Å². The van der Waals surface area contributed by atoms with Gasteiger partial charge < -0.3 is 9.53 Å². The van der Waals surface area contributed by atoms with E-state index in [1.54, 1.807) is 6.92 Å².